The van der Waals surface area contributed by atoms with Gasteiger partial charge >= 0.3 is 0 Å². The molecule has 4 nitrogen and oxygen atoms in total. The van der Waals surface area contributed by atoms with Gasteiger partial charge in [-0.1, -0.05) is 66.9 Å². The van der Waals surface area contributed by atoms with E-state index in [-0.39, 0.29) is 5.78 Å². The molecule has 1 N–H and O–H groups in total. The number of nitrogens with one attached hydrogen (secondary N) is 1. The fourth-order valence-electron chi connectivity index (χ4n) is 2.45. The lowest BCUT2D eigenvalue weighted by molar-refractivity contribution is 0.102. The molecule has 1 aromatic carbocycles. The van der Waals surface area contributed by atoms with Crippen molar-refractivity contribution in [2.24, 2.45) is 0 Å². The molecule has 7 heteroatoms. The van der Waals surface area contributed by atoms with E-state index >= 15 is 0 Å². The van der Waals surface area contributed by atoms with Crippen molar-refractivity contribution in [1.29, 1.82) is 0 Å². The summed E-state index contributed by atoms with van der Waals surface area (Å²) in [5.74, 6) is 1.56. The Labute approximate surface area is 153 Å². The fraction of sp³-hybridized carbons (Fsp3) is 0.353. The Kier molecular flexibility index (Phi) is 5.97. The second-order valence-corrected chi connectivity index (χ2v) is 8.83. The summed E-state index contributed by atoms with van der Waals surface area (Å²) in [6.45, 7) is 4.27. The van der Waals surface area contributed by atoms with E-state index in [0.29, 0.717) is 5.75 Å². The van der Waals surface area contributed by atoms with Crippen LogP contribution in [0.15, 0.2) is 33.1 Å². The minimum absolute atomic E-state index is 0.123. The third-order valence-corrected chi connectivity index (χ3v) is 7.02. The smallest absolute Gasteiger partial charge is 0.175 e. The molecule has 0 aliphatic rings. The van der Waals surface area contributed by atoms with Gasteiger partial charge in [-0.2, -0.15) is 0 Å². The Morgan fingerprint density at radius 2 is 2.00 bits per heavy atom. The highest BCUT2D eigenvalue weighted by molar-refractivity contribution is 8.03. The summed E-state index contributed by atoms with van der Waals surface area (Å²) in [4.78, 5) is 15.8. The number of benzene rings is 1. The zero-order valence-corrected chi connectivity index (χ0v) is 16.1. The SMILES string of the molecule is CCCSc1nnc(SCC(=O)c2c[nH]c3c(CC)cccc23)s1. The van der Waals surface area contributed by atoms with Crippen LogP contribution in [0.3, 0.4) is 0 Å². The number of hydrogen-bond donors (Lipinski definition) is 1. The highest BCUT2D eigenvalue weighted by atomic mass is 32.2. The first-order valence-corrected chi connectivity index (χ1v) is 10.7. The molecule has 126 valence electrons. The van der Waals surface area contributed by atoms with Crippen LogP contribution < -0.4 is 0 Å². The number of carbonyl (C=O) groups is 1. The maximum Gasteiger partial charge on any atom is 0.175 e. The van der Waals surface area contributed by atoms with Gasteiger partial charge in [0.1, 0.15) is 0 Å². The molecule has 0 spiro atoms. The van der Waals surface area contributed by atoms with E-state index in [1.54, 1.807) is 23.1 Å². The van der Waals surface area contributed by atoms with Gasteiger partial charge in [0.2, 0.25) is 0 Å². The standard InChI is InChI=1S/C17H19N3OS3/c1-3-8-22-16-19-20-17(24-16)23-10-14(21)13-9-18-15-11(4-2)6-5-7-12(13)15/h5-7,9,18H,3-4,8,10H2,1-2H3. The number of carbonyl (C=O) groups excluding carboxylic acids is 1. The lowest BCUT2D eigenvalue weighted by atomic mass is 10.1. The number of aromatic nitrogens is 3. The van der Waals surface area contributed by atoms with Gasteiger partial charge in [-0.25, -0.2) is 0 Å². The van der Waals surface area contributed by atoms with Crippen molar-refractivity contribution in [3.63, 3.8) is 0 Å². The molecule has 0 amide bonds. The number of H-pyrrole nitrogens is 1. The van der Waals surface area contributed by atoms with Crippen molar-refractivity contribution in [2.75, 3.05) is 11.5 Å². The van der Waals surface area contributed by atoms with Gasteiger partial charge in [-0.3, -0.25) is 4.79 Å². The van der Waals surface area contributed by atoms with E-state index in [1.165, 1.54) is 17.3 Å². The zero-order valence-electron chi connectivity index (χ0n) is 13.7. The highest BCUT2D eigenvalue weighted by Crippen LogP contribution is 2.30. The Bertz CT molecular complexity index is 841. The van der Waals surface area contributed by atoms with Crippen LogP contribution >= 0.6 is 34.9 Å². The van der Waals surface area contributed by atoms with Crippen molar-refractivity contribution in [1.82, 2.24) is 15.2 Å². The minimum Gasteiger partial charge on any atom is -0.360 e. The van der Waals surface area contributed by atoms with Crippen LogP contribution in [-0.4, -0.2) is 32.5 Å². The first-order chi connectivity index (χ1) is 11.7. The normalized spacial score (nSPS) is 11.2. The van der Waals surface area contributed by atoms with Crippen LogP contribution in [0.25, 0.3) is 10.9 Å². The zero-order chi connectivity index (χ0) is 16.9. The average molecular weight is 378 g/mol. The molecule has 0 atom stereocenters. The monoisotopic (exact) mass is 377 g/mol. The first-order valence-electron chi connectivity index (χ1n) is 7.94. The Balaban J connectivity index is 1.68. The molecule has 0 unspecified atom stereocenters. The first kappa shape index (κ1) is 17.5. The number of para-hydroxylation sites is 1. The number of aromatic amines is 1. The number of rotatable bonds is 8. The third-order valence-electron chi connectivity index (χ3n) is 3.63. The van der Waals surface area contributed by atoms with E-state index < -0.39 is 0 Å². The van der Waals surface area contributed by atoms with Gasteiger partial charge in [0, 0.05) is 28.4 Å². The second-order valence-electron chi connectivity index (χ2n) is 5.29. The summed E-state index contributed by atoms with van der Waals surface area (Å²) in [5, 5.41) is 9.33. The minimum atomic E-state index is 0.123. The van der Waals surface area contributed by atoms with E-state index in [2.05, 4.69) is 35.1 Å². The van der Waals surface area contributed by atoms with Crippen LogP contribution in [0.5, 0.6) is 0 Å². The van der Waals surface area contributed by atoms with Gasteiger partial charge in [-0.15, -0.1) is 10.2 Å². The van der Waals surface area contributed by atoms with Crippen molar-refractivity contribution in [2.45, 2.75) is 35.4 Å². The van der Waals surface area contributed by atoms with Crippen LogP contribution in [0.1, 0.15) is 36.2 Å². The summed E-state index contributed by atoms with van der Waals surface area (Å²) < 4.78 is 1.84. The molecular formula is C17H19N3OS3. The Morgan fingerprint density at radius 3 is 2.75 bits per heavy atom. The molecule has 0 radical (unpaired) electrons. The number of thioether (sulfide) groups is 2. The molecular weight excluding hydrogens is 358 g/mol. The van der Waals surface area contributed by atoms with Gasteiger partial charge in [0.25, 0.3) is 0 Å². The summed E-state index contributed by atoms with van der Waals surface area (Å²) >= 11 is 4.75. The molecule has 0 saturated heterocycles. The largest absolute Gasteiger partial charge is 0.360 e. The third kappa shape index (κ3) is 3.84. The van der Waals surface area contributed by atoms with Crippen LogP contribution in [0.4, 0.5) is 0 Å². The number of aryl methyl sites for hydroxylation is 1. The number of Topliss-reactive ketones (excluding diaryl/α,β-unsaturated/α-hetero) is 1. The summed E-state index contributed by atoms with van der Waals surface area (Å²) in [6, 6.07) is 6.12. The molecule has 2 heterocycles. The van der Waals surface area contributed by atoms with E-state index in [0.717, 1.165) is 43.7 Å². The average Bonchev–Trinajstić information content (AvgIpc) is 3.24. The molecule has 3 rings (SSSR count). The van der Waals surface area contributed by atoms with E-state index in [4.69, 9.17) is 0 Å². The highest BCUT2D eigenvalue weighted by Gasteiger charge is 2.15. The lowest BCUT2D eigenvalue weighted by Crippen LogP contribution is -2.01. The van der Waals surface area contributed by atoms with Gasteiger partial charge in [0.15, 0.2) is 14.5 Å². The number of hydrogen-bond acceptors (Lipinski definition) is 6. The predicted molar refractivity (Wildman–Crippen MR) is 104 cm³/mol. The van der Waals surface area contributed by atoms with Crippen LogP contribution in [0, 0.1) is 0 Å². The molecule has 0 fully saturated rings. The Morgan fingerprint density at radius 1 is 1.21 bits per heavy atom. The number of ketones is 1. The number of fused-ring (bicyclic) bond motifs is 1. The molecule has 0 aliphatic carbocycles. The molecule has 2 aromatic heterocycles. The summed E-state index contributed by atoms with van der Waals surface area (Å²) in [7, 11) is 0. The second kappa shape index (κ2) is 8.18. The van der Waals surface area contributed by atoms with Crippen molar-refractivity contribution in [3.05, 3.63) is 35.5 Å². The van der Waals surface area contributed by atoms with Gasteiger partial charge in [0.05, 0.1) is 5.75 Å². The quantitative estimate of drug-likeness (QED) is 0.439. The molecule has 0 saturated carbocycles. The lowest BCUT2D eigenvalue weighted by Gasteiger charge is -2.00. The van der Waals surface area contributed by atoms with Crippen LogP contribution in [-0.2, 0) is 6.42 Å². The van der Waals surface area contributed by atoms with Crippen molar-refractivity contribution < 1.29 is 4.79 Å². The summed E-state index contributed by atoms with van der Waals surface area (Å²) in [5.41, 5.74) is 3.07. The predicted octanol–water partition coefficient (Wildman–Crippen LogP) is 5.06. The molecule has 3 aromatic rings. The van der Waals surface area contributed by atoms with Crippen molar-refractivity contribution >= 4 is 51.5 Å². The summed E-state index contributed by atoms with van der Waals surface area (Å²) in [6.07, 6.45) is 3.89. The molecule has 0 aliphatic heterocycles. The maximum absolute atomic E-state index is 12.6. The van der Waals surface area contributed by atoms with Crippen LogP contribution in [0.2, 0.25) is 0 Å². The number of nitrogens with zero attached hydrogens (tertiary/aromatic N) is 2. The van der Waals surface area contributed by atoms with E-state index in [1.807, 2.05) is 18.3 Å². The topological polar surface area (TPSA) is 58.6 Å². The molecule has 24 heavy (non-hydrogen) atoms. The fourth-order valence-corrected chi connectivity index (χ4v) is 5.28. The maximum atomic E-state index is 12.6. The van der Waals surface area contributed by atoms with Gasteiger partial charge in [-0.05, 0) is 18.4 Å². The van der Waals surface area contributed by atoms with Gasteiger partial charge < -0.3 is 4.98 Å². The molecule has 0 bridgehead atoms. The Hall–Kier alpha value is -1.31. The van der Waals surface area contributed by atoms with E-state index in [9.17, 15) is 4.79 Å². The van der Waals surface area contributed by atoms with Crippen molar-refractivity contribution in [3.8, 4) is 0 Å².